The lowest BCUT2D eigenvalue weighted by atomic mass is 10.1. The van der Waals surface area contributed by atoms with Gasteiger partial charge in [0.2, 0.25) is 0 Å². The van der Waals surface area contributed by atoms with E-state index in [0.717, 1.165) is 44.2 Å². The van der Waals surface area contributed by atoms with E-state index in [1.807, 2.05) is 21.6 Å². The summed E-state index contributed by atoms with van der Waals surface area (Å²) in [6.45, 7) is 9.19. The highest BCUT2D eigenvalue weighted by Crippen LogP contribution is 2.24. The van der Waals surface area contributed by atoms with Crippen LogP contribution in [0.5, 0.6) is 0 Å². The van der Waals surface area contributed by atoms with Crippen LogP contribution in [0, 0.1) is 6.92 Å². The van der Waals surface area contributed by atoms with Gasteiger partial charge in [-0.3, -0.25) is 0 Å². The lowest BCUT2D eigenvalue weighted by molar-refractivity contribution is -0.694. The van der Waals surface area contributed by atoms with Crippen molar-refractivity contribution in [3.63, 3.8) is 0 Å². The highest BCUT2D eigenvalue weighted by molar-refractivity contribution is 8.76. The second-order valence-electron chi connectivity index (χ2n) is 13.9. The third-order valence-electron chi connectivity index (χ3n) is 9.82. The predicted octanol–water partition coefficient (Wildman–Crippen LogP) is 10.8. The number of hydrogen-bond donors (Lipinski definition) is 0. The fraction of sp³-hybridized carbons (Fsp3) is 0.229. The van der Waals surface area contributed by atoms with Crippen molar-refractivity contribution in [3.8, 4) is 0 Å². The molecule has 54 heavy (non-hydrogen) atoms. The summed E-state index contributed by atoms with van der Waals surface area (Å²) in [5.41, 5.74) is 12.6. The molecule has 0 spiro atoms. The van der Waals surface area contributed by atoms with Crippen LogP contribution in [0.2, 0.25) is 0 Å². The molecule has 6 rings (SSSR count). The Morgan fingerprint density at radius 2 is 1.17 bits per heavy atom. The topological polar surface area (TPSA) is 13.6 Å². The van der Waals surface area contributed by atoms with Crippen LogP contribution >= 0.6 is 21.6 Å². The molecule has 2 heterocycles. The Kier molecular flexibility index (Phi) is 14.3. The second kappa shape index (κ2) is 20.0. The van der Waals surface area contributed by atoms with Crippen molar-refractivity contribution in [2.45, 2.75) is 26.9 Å². The highest BCUT2D eigenvalue weighted by Gasteiger charge is 2.11. The number of aromatic nitrogens is 1. The zero-order chi connectivity index (χ0) is 37.5. The first-order chi connectivity index (χ1) is 26.4. The average Bonchev–Trinajstić information content (AvgIpc) is 3.20. The van der Waals surface area contributed by atoms with Gasteiger partial charge < -0.3 is 14.7 Å². The summed E-state index contributed by atoms with van der Waals surface area (Å²) in [7, 11) is 8.30. The SMILES string of the molecule is CC1=CC(/C=C/c2ccc(N(C)CCSSCCN(C)c3ccc(/C=C/c4cc[n+](Cc5ccccc5)c(C)c4)cc3)cc2)=CCN1Cc1ccccc1. The van der Waals surface area contributed by atoms with Crippen molar-refractivity contribution >= 4 is 51.2 Å². The zero-order valence-corrected chi connectivity index (χ0v) is 33.8. The van der Waals surface area contributed by atoms with Crippen LogP contribution in [0.15, 0.2) is 157 Å². The normalized spacial score (nSPS) is 13.0. The fourth-order valence-corrected chi connectivity index (χ4v) is 8.46. The molecule has 0 fully saturated rings. The van der Waals surface area contributed by atoms with E-state index in [0.29, 0.717) is 0 Å². The molecule has 5 aromatic rings. The Morgan fingerprint density at radius 1 is 0.630 bits per heavy atom. The standard InChI is InChI=1S/C48H53N4S2/c1-39-35-43(27-29-51(39)37-45-11-7-5-8-12-45)17-15-41-19-23-47(24-20-41)49(3)31-33-53-54-34-32-50(4)48-25-21-42(22-26-48)16-18-44-28-30-52(40(2)36-44)38-46-13-9-6-10-14-46/h5-29,35-36H,30-34,37-38H2,1-4H3/q+1/b18-16+. The Labute approximate surface area is 331 Å². The number of benzene rings is 4. The van der Waals surface area contributed by atoms with Crippen LogP contribution in [0.1, 0.15) is 40.4 Å². The van der Waals surface area contributed by atoms with Crippen molar-refractivity contribution in [1.82, 2.24) is 4.90 Å². The molecule has 1 aliphatic heterocycles. The van der Waals surface area contributed by atoms with Crippen LogP contribution in [0.25, 0.3) is 18.2 Å². The smallest absolute Gasteiger partial charge is 0.179 e. The van der Waals surface area contributed by atoms with E-state index in [1.54, 1.807) is 0 Å². The van der Waals surface area contributed by atoms with Gasteiger partial charge in [-0.25, -0.2) is 0 Å². The van der Waals surface area contributed by atoms with E-state index in [4.69, 9.17) is 0 Å². The number of pyridine rings is 1. The maximum Gasteiger partial charge on any atom is 0.179 e. The molecule has 6 heteroatoms. The number of anilines is 2. The Morgan fingerprint density at radius 3 is 1.72 bits per heavy atom. The molecule has 0 aliphatic carbocycles. The van der Waals surface area contributed by atoms with Gasteiger partial charge >= 0.3 is 0 Å². The molecule has 0 unspecified atom stereocenters. The van der Waals surface area contributed by atoms with Crippen molar-refractivity contribution in [2.24, 2.45) is 0 Å². The molecule has 4 aromatic carbocycles. The molecule has 0 radical (unpaired) electrons. The second-order valence-corrected chi connectivity index (χ2v) is 16.6. The van der Waals surface area contributed by atoms with Crippen LogP contribution in [-0.2, 0) is 13.1 Å². The van der Waals surface area contributed by atoms with Crippen molar-refractivity contribution in [1.29, 1.82) is 0 Å². The van der Waals surface area contributed by atoms with Gasteiger partial charge in [-0.15, -0.1) is 0 Å². The maximum absolute atomic E-state index is 2.42. The van der Waals surface area contributed by atoms with Crippen LogP contribution in [0.3, 0.4) is 0 Å². The molecule has 0 saturated carbocycles. The summed E-state index contributed by atoms with van der Waals surface area (Å²) in [4.78, 5) is 7.11. The van der Waals surface area contributed by atoms with E-state index in [2.05, 4.69) is 211 Å². The van der Waals surface area contributed by atoms with Crippen LogP contribution < -0.4 is 14.4 Å². The van der Waals surface area contributed by atoms with E-state index in [1.165, 1.54) is 56.2 Å². The van der Waals surface area contributed by atoms with Gasteiger partial charge in [0.1, 0.15) is 0 Å². The van der Waals surface area contributed by atoms with E-state index in [9.17, 15) is 0 Å². The van der Waals surface area contributed by atoms with Gasteiger partial charge in [0, 0.05) is 93.5 Å². The summed E-state index contributed by atoms with van der Waals surface area (Å²) < 4.78 is 2.29. The van der Waals surface area contributed by atoms with E-state index in [-0.39, 0.29) is 0 Å². The quantitative estimate of drug-likeness (QED) is 0.0532. The molecule has 4 nitrogen and oxygen atoms in total. The van der Waals surface area contributed by atoms with Gasteiger partial charge in [-0.05, 0) is 65.1 Å². The van der Waals surface area contributed by atoms with Crippen LogP contribution in [0.4, 0.5) is 11.4 Å². The minimum absolute atomic E-state index is 0.891. The number of aryl methyl sites for hydroxylation is 1. The molecule has 0 bridgehead atoms. The molecule has 276 valence electrons. The summed E-state index contributed by atoms with van der Waals surface area (Å²) in [6, 6.07) is 43.5. The van der Waals surface area contributed by atoms with Gasteiger partial charge in [-0.1, -0.05) is 137 Å². The zero-order valence-electron chi connectivity index (χ0n) is 32.1. The summed E-state index contributed by atoms with van der Waals surface area (Å²) in [5, 5.41) is 0. The van der Waals surface area contributed by atoms with Crippen molar-refractivity contribution < 1.29 is 4.57 Å². The molecule has 1 aromatic heterocycles. The lowest BCUT2D eigenvalue weighted by Gasteiger charge is -2.27. The Balaban J connectivity index is 0.862. The summed E-state index contributed by atoms with van der Waals surface area (Å²) in [5.74, 6) is 2.17. The third kappa shape index (κ3) is 11.8. The van der Waals surface area contributed by atoms with Crippen LogP contribution in [-0.4, -0.2) is 50.1 Å². The molecule has 0 amide bonds. The van der Waals surface area contributed by atoms with Crippen molar-refractivity contribution in [2.75, 3.05) is 55.0 Å². The molecular formula is C48H53N4S2+. The maximum atomic E-state index is 2.42. The van der Waals surface area contributed by atoms with Gasteiger partial charge in [-0.2, -0.15) is 4.57 Å². The Bertz CT molecular complexity index is 2040. The predicted molar refractivity (Wildman–Crippen MR) is 238 cm³/mol. The lowest BCUT2D eigenvalue weighted by Crippen LogP contribution is -2.37. The largest absolute Gasteiger partial charge is 0.374 e. The Hall–Kier alpha value is -4.91. The summed E-state index contributed by atoms with van der Waals surface area (Å²) >= 11 is 0. The number of allylic oxidation sites excluding steroid dienone is 4. The van der Waals surface area contributed by atoms with E-state index >= 15 is 0 Å². The molecule has 0 N–H and O–H groups in total. The van der Waals surface area contributed by atoms with Gasteiger partial charge in [0.15, 0.2) is 18.4 Å². The average molecular weight is 750 g/mol. The highest BCUT2D eigenvalue weighted by atomic mass is 33.1. The third-order valence-corrected chi connectivity index (χ3v) is 12.2. The minimum atomic E-state index is 0.891. The fourth-order valence-electron chi connectivity index (χ4n) is 6.38. The molecular weight excluding hydrogens is 697 g/mol. The molecule has 0 saturated heterocycles. The van der Waals surface area contributed by atoms with E-state index < -0.39 is 0 Å². The number of rotatable bonds is 17. The first kappa shape index (κ1) is 38.8. The van der Waals surface area contributed by atoms with Crippen molar-refractivity contribution in [3.05, 3.63) is 191 Å². The first-order valence-electron chi connectivity index (χ1n) is 18.8. The monoisotopic (exact) mass is 749 g/mol. The number of hydrogen-bond acceptors (Lipinski definition) is 5. The van der Waals surface area contributed by atoms with Gasteiger partial charge in [0.05, 0.1) is 0 Å². The first-order valence-corrected chi connectivity index (χ1v) is 21.3. The molecule has 0 atom stereocenters. The summed E-state index contributed by atoms with van der Waals surface area (Å²) in [6.07, 6.45) is 15.6. The van der Waals surface area contributed by atoms with Gasteiger partial charge in [0.25, 0.3) is 0 Å². The molecule has 1 aliphatic rings. The number of nitrogens with zero attached hydrogens (tertiary/aromatic N) is 4. The minimum Gasteiger partial charge on any atom is -0.374 e.